The number of hydrogen-bond acceptors (Lipinski definition) is 3. The quantitative estimate of drug-likeness (QED) is 0.721. The first-order chi connectivity index (χ1) is 7.40. The van der Waals surface area contributed by atoms with Gasteiger partial charge in [0.05, 0.1) is 0 Å². The predicted molar refractivity (Wildman–Crippen MR) is 64.1 cm³/mol. The molecule has 1 aromatic heterocycles. The molecule has 0 bridgehead atoms. The van der Waals surface area contributed by atoms with E-state index in [1.54, 1.807) is 11.3 Å². The molecule has 0 aromatic carbocycles. The molecule has 2 rings (SSSR count). The van der Waals surface area contributed by atoms with E-state index in [1.807, 2.05) is 0 Å². The van der Waals surface area contributed by atoms with Gasteiger partial charge in [0.15, 0.2) is 0 Å². The van der Waals surface area contributed by atoms with Gasteiger partial charge in [0.2, 0.25) is 0 Å². The van der Waals surface area contributed by atoms with Crippen molar-refractivity contribution in [3.8, 4) is 0 Å². The maximum atomic E-state index is 8.77. The van der Waals surface area contributed by atoms with Crippen LogP contribution in [0, 0.1) is 0 Å². The largest absolute Gasteiger partial charge is 0.396 e. The van der Waals surface area contributed by atoms with Gasteiger partial charge in [-0.15, -0.1) is 0 Å². The minimum atomic E-state index is 0.330. The number of rotatable bonds is 7. The van der Waals surface area contributed by atoms with Crippen LogP contribution in [0.1, 0.15) is 31.2 Å². The van der Waals surface area contributed by atoms with Crippen LogP contribution in [0.5, 0.6) is 0 Å². The van der Waals surface area contributed by atoms with Crippen molar-refractivity contribution in [2.45, 2.75) is 38.3 Å². The Kier molecular flexibility index (Phi) is 4.18. The van der Waals surface area contributed by atoms with Gasteiger partial charge < -0.3 is 5.11 Å². The van der Waals surface area contributed by atoms with Crippen LogP contribution in [-0.2, 0) is 6.54 Å². The van der Waals surface area contributed by atoms with Crippen LogP contribution in [0.3, 0.4) is 0 Å². The second-order valence-corrected chi connectivity index (χ2v) is 5.04. The second kappa shape index (κ2) is 5.64. The van der Waals surface area contributed by atoms with Crippen LogP contribution in [0.25, 0.3) is 0 Å². The summed E-state index contributed by atoms with van der Waals surface area (Å²) in [5.41, 5.74) is 1.44. The Bertz CT molecular complexity index is 269. The Morgan fingerprint density at radius 1 is 1.40 bits per heavy atom. The molecule has 2 nitrogen and oxygen atoms in total. The topological polar surface area (TPSA) is 23.5 Å². The predicted octanol–water partition coefficient (Wildman–Crippen LogP) is 2.49. The van der Waals surface area contributed by atoms with Gasteiger partial charge in [-0.3, -0.25) is 4.90 Å². The van der Waals surface area contributed by atoms with Crippen molar-refractivity contribution >= 4 is 11.3 Å². The van der Waals surface area contributed by atoms with Gasteiger partial charge in [-0.1, -0.05) is 0 Å². The smallest absolute Gasteiger partial charge is 0.0431 e. The first kappa shape index (κ1) is 11.1. The highest BCUT2D eigenvalue weighted by molar-refractivity contribution is 7.07. The molecule has 0 aliphatic heterocycles. The zero-order valence-electron chi connectivity index (χ0n) is 9.06. The lowest BCUT2D eigenvalue weighted by Gasteiger charge is -2.21. The lowest BCUT2D eigenvalue weighted by Crippen LogP contribution is -2.26. The minimum absolute atomic E-state index is 0.330. The van der Waals surface area contributed by atoms with Crippen molar-refractivity contribution < 1.29 is 5.11 Å². The third-order valence-electron chi connectivity index (χ3n) is 2.88. The average molecular weight is 225 g/mol. The van der Waals surface area contributed by atoms with Crippen LogP contribution in [0.15, 0.2) is 16.8 Å². The third-order valence-corrected chi connectivity index (χ3v) is 3.61. The third kappa shape index (κ3) is 3.59. The molecule has 0 unspecified atom stereocenters. The molecule has 1 fully saturated rings. The van der Waals surface area contributed by atoms with E-state index in [0.29, 0.717) is 6.61 Å². The van der Waals surface area contributed by atoms with Crippen LogP contribution in [0.2, 0.25) is 0 Å². The lowest BCUT2D eigenvalue weighted by molar-refractivity contribution is 0.229. The summed E-state index contributed by atoms with van der Waals surface area (Å²) in [6.45, 7) is 2.57. The molecular formula is C12H19NOS. The molecule has 0 amide bonds. The molecule has 0 spiro atoms. The average Bonchev–Trinajstić information content (AvgIpc) is 2.97. The van der Waals surface area contributed by atoms with Crippen LogP contribution in [0.4, 0.5) is 0 Å². The summed E-state index contributed by atoms with van der Waals surface area (Å²) < 4.78 is 0. The fraction of sp³-hybridized carbons (Fsp3) is 0.667. The maximum absolute atomic E-state index is 8.77. The van der Waals surface area contributed by atoms with Crippen LogP contribution >= 0.6 is 11.3 Å². The standard InChI is InChI=1S/C12H19NOS/c14-7-2-1-6-13(12-3-4-12)9-11-5-8-15-10-11/h5,8,10,12,14H,1-4,6-7,9H2. The van der Waals surface area contributed by atoms with E-state index in [4.69, 9.17) is 5.11 Å². The monoisotopic (exact) mass is 225 g/mol. The normalized spacial score (nSPS) is 16.1. The van der Waals surface area contributed by atoms with E-state index in [2.05, 4.69) is 21.7 Å². The van der Waals surface area contributed by atoms with E-state index in [9.17, 15) is 0 Å². The summed E-state index contributed by atoms with van der Waals surface area (Å²) in [7, 11) is 0. The van der Waals surface area contributed by atoms with Crippen molar-refractivity contribution in [2.75, 3.05) is 13.2 Å². The molecule has 1 N–H and O–H groups in total. The highest BCUT2D eigenvalue weighted by atomic mass is 32.1. The van der Waals surface area contributed by atoms with Gasteiger partial charge in [-0.2, -0.15) is 11.3 Å². The number of aliphatic hydroxyl groups is 1. The molecule has 1 aliphatic carbocycles. The molecule has 0 saturated heterocycles. The molecule has 3 heteroatoms. The molecule has 0 radical (unpaired) electrons. The molecule has 84 valence electrons. The Labute approximate surface area is 95.5 Å². The van der Waals surface area contributed by atoms with Gasteiger partial charge in [-0.25, -0.2) is 0 Å². The summed E-state index contributed by atoms with van der Waals surface area (Å²) in [5.74, 6) is 0. The molecule has 1 saturated carbocycles. The molecule has 1 aromatic rings. The molecule has 15 heavy (non-hydrogen) atoms. The minimum Gasteiger partial charge on any atom is -0.396 e. The highest BCUT2D eigenvalue weighted by Crippen LogP contribution is 2.28. The second-order valence-electron chi connectivity index (χ2n) is 4.26. The number of nitrogens with zero attached hydrogens (tertiary/aromatic N) is 1. The van der Waals surface area contributed by atoms with Crippen LogP contribution in [-0.4, -0.2) is 29.2 Å². The van der Waals surface area contributed by atoms with Crippen molar-refractivity contribution in [1.29, 1.82) is 0 Å². The van der Waals surface area contributed by atoms with Gasteiger partial charge in [0.25, 0.3) is 0 Å². The fourth-order valence-corrected chi connectivity index (χ4v) is 2.53. The van der Waals surface area contributed by atoms with Gasteiger partial charge in [0, 0.05) is 19.2 Å². The Hall–Kier alpha value is -0.380. The first-order valence-electron chi connectivity index (χ1n) is 5.76. The summed E-state index contributed by atoms with van der Waals surface area (Å²) in [4.78, 5) is 2.57. The maximum Gasteiger partial charge on any atom is 0.0431 e. The van der Waals surface area contributed by atoms with Crippen molar-refractivity contribution in [2.24, 2.45) is 0 Å². The zero-order chi connectivity index (χ0) is 10.5. The van der Waals surface area contributed by atoms with E-state index in [-0.39, 0.29) is 0 Å². The van der Waals surface area contributed by atoms with Gasteiger partial charge in [0.1, 0.15) is 0 Å². The summed E-state index contributed by atoms with van der Waals surface area (Å²) in [6.07, 6.45) is 4.79. The van der Waals surface area contributed by atoms with Crippen molar-refractivity contribution in [3.05, 3.63) is 22.4 Å². The highest BCUT2D eigenvalue weighted by Gasteiger charge is 2.28. The summed E-state index contributed by atoms with van der Waals surface area (Å²) >= 11 is 1.78. The molecular weight excluding hydrogens is 206 g/mol. The summed E-state index contributed by atoms with van der Waals surface area (Å²) in [5, 5.41) is 13.2. The van der Waals surface area contributed by atoms with Crippen molar-refractivity contribution in [3.63, 3.8) is 0 Å². The van der Waals surface area contributed by atoms with Crippen molar-refractivity contribution in [1.82, 2.24) is 4.90 Å². The SMILES string of the molecule is OCCCCN(Cc1ccsc1)C1CC1. The first-order valence-corrected chi connectivity index (χ1v) is 6.70. The Morgan fingerprint density at radius 3 is 2.87 bits per heavy atom. The molecule has 0 atom stereocenters. The lowest BCUT2D eigenvalue weighted by atomic mass is 10.2. The summed E-state index contributed by atoms with van der Waals surface area (Å²) in [6, 6.07) is 3.04. The number of aliphatic hydroxyl groups excluding tert-OH is 1. The van der Waals surface area contributed by atoms with E-state index in [0.717, 1.165) is 32.0 Å². The Balaban J connectivity index is 1.78. The Morgan fingerprint density at radius 2 is 2.27 bits per heavy atom. The zero-order valence-corrected chi connectivity index (χ0v) is 9.88. The van der Waals surface area contributed by atoms with E-state index < -0.39 is 0 Å². The number of hydrogen-bond donors (Lipinski definition) is 1. The van der Waals surface area contributed by atoms with Gasteiger partial charge >= 0.3 is 0 Å². The van der Waals surface area contributed by atoms with Crippen LogP contribution < -0.4 is 0 Å². The number of unbranched alkanes of at least 4 members (excludes halogenated alkanes) is 1. The van der Waals surface area contributed by atoms with Gasteiger partial charge in [-0.05, 0) is 54.6 Å². The van der Waals surface area contributed by atoms with E-state index >= 15 is 0 Å². The molecule has 1 aliphatic rings. The van der Waals surface area contributed by atoms with E-state index in [1.165, 1.54) is 18.4 Å². The number of thiophene rings is 1. The fourth-order valence-electron chi connectivity index (χ4n) is 1.87. The molecule has 1 heterocycles.